The Morgan fingerprint density at radius 1 is 0.903 bits per heavy atom. The van der Waals surface area contributed by atoms with Crippen LogP contribution in [-0.2, 0) is 11.3 Å². The molecule has 0 N–H and O–H groups in total. The molecule has 31 heavy (non-hydrogen) atoms. The first-order valence-electron chi connectivity index (χ1n) is 11.3. The molecule has 7 nitrogen and oxygen atoms in total. The average molecular weight is 419 g/mol. The number of anilines is 2. The monoisotopic (exact) mass is 418 g/mol. The van der Waals surface area contributed by atoms with Crippen LogP contribution in [0.3, 0.4) is 0 Å². The van der Waals surface area contributed by atoms with Crippen molar-refractivity contribution in [1.29, 1.82) is 0 Å². The number of hydrogen-bond donors (Lipinski definition) is 0. The molecule has 0 saturated carbocycles. The fourth-order valence-corrected chi connectivity index (χ4v) is 4.64. The Balaban J connectivity index is 1.23. The summed E-state index contributed by atoms with van der Waals surface area (Å²) in [5.74, 6) is 2.01. The van der Waals surface area contributed by atoms with E-state index in [1.54, 1.807) is 0 Å². The predicted octanol–water partition coefficient (Wildman–Crippen LogP) is 3.08. The molecule has 162 valence electrons. The quantitative estimate of drug-likeness (QED) is 0.652. The van der Waals surface area contributed by atoms with Crippen LogP contribution in [0.1, 0.15) is 25.0 Å². The van der Waals surface area contributed by atoms with Gasteiger partial charge in [0, 0.05) is 62.7 Å². The van der Waals surface area contributed by atoms with Crippen LogP contribution in [0.15, 0.2) is 42.6 Å². The lowest BCUT2D eigenvalue weighted by Crippen LogP contribution is -2.50. The zero-order valence-electron chi connectivity index (χ0n) is 18.2. The van der Waals surface area contributed by atoms with Crippen molar-refractivity contribution >= 4 is 28.6 Å². The average Bonchev–Trinajstić information content (AvgIpc) is 3.22. The molecule has 0 spiro atoms. The molecule has 2 aliphatic heterocycles. The largest absolute Gasteiger partial charge is 0.353 e. The number of hydrogen-bond acceptors (Lipinski definition) is 5. The lowest BCUT2D eigenvalue weighted by Gasteiger charge is -2.36. The second-order valence-electron chi connectivity index (χ2n) is 8.59. The molecule has 2 aromatic heterocycles. The van der Waals surface area contributed by atoms with Gasteiger partial charge in [0.25, 0.3) is 0 Å². The van der Waals surface area contributed by atoms with E-state index in [2.05, 4.69) is 39.0 Å². The molecule has 0 atom stereocenters. The van der Waals surface area contributed by atoms with E-state index in [0.717, 1.165) is 62.2 Å². The Bertz CT molecular complexity index is 1060. The van der Waals surface area contributed by atoms with Crippen LogP contribution in [0.25, 0.3) is 10.9 Å². The Hall–Kier alpha value is -3.09. The van der Waals surface area contributed by atoms with Crippen molar-refractivity contribution in [3.05, 3.63) is 48.3 Å². The van der Waals surface area contributed by atoms with E-state index in [0.29, 0.717) is 6.54 Å². The number of rotatable bonds is 4. The highest BCUT2D eigenvalue weighted by Gasteiger charge is 2.24. The van der Waals surface area contributed by atoms with E-state index in [1.165, 1.54) is 24.6 Å². The number of amides is 1. The molecule has 0 radical (unpaired) electrons. The first-order chi connectivity index (χ1) is 15.2. The third kappa shape index (κ3) is 4.22. The molecular formula is C24H30N6O. The van der Waals surface area contributed by atoms with Crippen molar-refractivity contribution in [3.63, 3.8) is 0 Å². The molecule has 2 fully saturated rings. The van der Waals surface area contributed by atoms with Crippen molar-refractivity contribution in [2.24, 2.45) is 0 Å². The van der Waals surface area contributed by atoms with Gasteiger partial charge in [-0.3, -0.25) is 4.79 Å². The van der Waals surface area contributed by atoms with E-state index in [1.807, 2.05) is 34.7 Å². The summed E-state index contributed by atoms with van der Waals surface area (Å²) >= 11 is 0. The van der Waals surface area contributed by atoms with Gasteiger partial charge in [-0.05, 0) is 43.7 Å². The molecule has 4 heterocycles. The topological polar surface area (TPSA) is 57.5 Å². The second-order valence-corrected chi connectivity index (χ2v) is 8.59. The number of fused-ring (bicyclic) bond motifs is 1. The summed E-state index contributed by atoms with van der Waals surface area (Å²) in [5.41, 5.74) is 2.11. The maximum atomic E-state index is 12.9. The van der Waals surface area contributed by atoms with Crippen LogP contribution in [0.4, 0.5) is 11.8 Å². The standard InChI is InChI=1S/C24H30N6O/c1-19-17-22(26-24(25-19)29-10-5-2-6-11-29)27-13-15-28(16-14-27)23(31)18-30-12-9-20-7-3-4-8-21(20)30/h3-4,7-9,12,17H,2,5-6,10-11,13-16,18H2,1H3. The molecule has 2 saturated heterocycles. The van der Waals surface area contributed by atoms with Gasteiger partial charge in [0.1, 0.15) is 12.4 Å². The number of carbonyl (C=O) groups is 1. The highest BCUT2D eigenvalue weighted by atomic mass is 16.2. The lowest BCUT2D eigenvalue weighted by atomic mass is 10.1. The first-order valence-corrected chi connectivity index (χ1v) is 11.3. The van der Waals surface area contributed by atoms with Gasteiger partial charge in [-0.2, -0.15) is 4.98 Å². The van der Waals surface area contributed by atoms with Crippen LogP contribution < -0.4 is 9.80 Å². The minimum absolute atomic E-state index is 0.175. The third-order valence-electron chi connectivity index (χ3n) is 6.41. The van der Waals surface area contributed by atoms with E-state index >= 15 is 0 Å². The molecular weight excluding hydrogens is 388 g/mol. The number of para-hydroxylation sites is 1. The number of aryl methyl sites for hydroxylation is 1. The van der Waals surface area contributed by atoms with Crippen LogP contribution in [-0.4, -0.2) is 64.6 Å². The second kappa shape index (κ2) is 8.57. The fourth-order valence-electron chi connectivity index (χ4n) is 4.64. The summed E-state index contributed by atoms with van der Waals surface area (Å²) in [6.07, 6.45) is 5.72. The Morgan fingerprint density at radius 3 is 2.48 bits per heavy atom. The lowest BCUT2D eigenvalue weighted by molar-refractivity contribution is -0.132. The van der Waals surface area contributed by atoms with Gasteiger partial charge in [-0.1, -0.05) is 18.2 Å². The molecule has 3 aromatic rings. The molecule has 0 bridgehead atoms. The van der Waals surface area contributed by atoms with E-state index in [4.69, 9.17) is 4.98 Å². The van der Waals surface area contributed by atoms with Crippen molar-refractivity contribution in [2.45, 2.75) is 32.7 Å². The molecule has 0 unspecified atom stereocenters. The summed E-state index contributed by atoms with van der Waals surface area (Å²) in [6.45, 7) is 7.56. The molecule has 0 aliphatic carbocycles. The Kier molecular flexibility index (Phi) is 5.49. The van der Waals surface area contributed by atoms with Gasteiger partial charge in [-0.15, -0.1) is 0 Å². The number of aromatic nitrogens is 3. The van der Waals surface area contributed by atoms with Crippen molar-refractivity contribution < 1.29 is 4.79 Å². The Labute approximate surface area is 183 Å². The van der Waals surface area contributed by atoms with Crippen molar-refractivity contribution in [3.8, 4) is 0 Å². The zero-order chi connectivity index (χ0) is 21.2. The third-order valence-corrected chi connectivity index (χ3v) is 6.41. The SMILES string of the molecule is Cc1cc(N2CCN(C(=O)Cn3ccc4ccccc43)CC2)nc(N2CCCCC2)n1. The van der Waals surface area contributed by atoms with E-state index in [9.17, 15) is 4.79 Å². The van der Waals surface area contributed by atoms with Crippen molar-refractivity contribution in [1.82, 2.24) is 19.4 Å². The molecule has 7 heteroatoms. The maximum Gasteiger partial charge on any atom is 0.242 e. The smallest absolute Gasteiger partial charge is 0.242 e. The van der Waals surface area contributed by atoms with Gasteiger partial charge >= 0.3 is 0 Å². The van der Waals surface area contributed by atoms with Gasteiger partial charge in [0.2, 0.25) is 11.9 Å². The van der Waals surface area contributed by atoms with Crippen LogP contribution in [0, 0.1) is 6.92 Å². The summed E-state index contributed by atoms with van der Waals surface area (Å²) in [5, 5.41) is 1.17. The molecule has 5 rings (SSSR count). The molecule has 1 amide bonds. The predicted molar refractivity (Wildman–Crippen MR) is 124 cm³/mol. The van der Waals surface area contributed by atoms with Crippen LogP contribution >= 0.6 is 0 Å². The number of piperazine rings is 1. The minimum atomic E-state index is 0.175. The Morgan fingerprint density at radius 2 is 1.68 bits per heavy atom. The summed E-state index contributed by atoms with van der Waals surface area (Å²) < 4.78 is 2.04. The molecule has 1 aromatic carbocycles. The number of piperidine rings is 1. The minimum Gasteiger partial charge on any atom is -0.353 e. The normalized spacial score (nSPS) is 17.4. The fraction of sp³-hybridized carbons (Fsp3) is 0.458. The number of nitrogens with zero attached hydrogens (tertiary/aromatic N) is 6. The summed E-state index contributed by atoms with van der Waals surface area (Å²) in [4.78, 5) is 29.1. The van der Waals surface area contributed by atoms with E-state index in [-0.39, 0.29) is 5.91 Å². The number of benzene rings is 1. The highest BCUT2D eigenvalue weighted by molar-refractivity contribution is 5.83. The van der Waals surface area contributed by atoms with E-state index < -0.39 is 0 Å². The summed E-state index contributed by atoms with van der Waals surface area (Å²) in [7, 11) is 0. The highest BCUT2D eigenvalue weighted by Crippen LogP contribution is 2.22. The van der Waals surface area contributed by atoms with Gasteiger partial charge in [-0.25, -0.2) is 4.98 Å². The zero-order valence-corrected chi connectivity index (χ0v) is 18.2. The van der Waals surface area contributed by atoms with Gasteiger partial charge in [0.05, 0.1) is 0 Å². The maximum absolute atomic E-state index is 12.9. The number of carbonyl (C=O) groups excluding carboxylic acids is 1. The molecule has 2 aliphatic rings. The van der Waals surface area contributed by atoms with Crippen molar-refractivity contribution in [2.75, 3.05) is 49.1 Å². The van der Waals surface area contributed by atoms with Gasteiger partial charge in [0.15, 0.2) is 0 Å². The van der Waals surface area contributed by atoms with Crippen LogP contribution in [0.2, 0.25) is 0 Å². The van der Waals surface area contributed by atoms with Gasteiger partial charge < -0.3 is 19.3 Å². The first kappa shape index (κ1) is 19.8. The van der Waals surface area contributed by atoms with Crippen LogP contribution in [0.5, 0.6) is 0 Å². The summed E-state index contributed by atoms with van der Waals surface area (Å²) in [6, 6.07) is 12.3.